The Hall–Kier alpha value is -1.87. The molecular formula is C18H23NO2. The number of rotatable bonds is 5. The van der Waals surface area contributed by atoms with Crippen LogP contribution in [-0.4, -0.2) is 19.1 Å². The first-order valence-corrected chi connectivity index (χ1v) is 7.35. The number of hydrogen-bond donors (Lipinski definition) is 1. The summed E-state index contributed by atoms with van der Waals surface area (Å²) < 4.78 is 4.88. The van der Waals surface area contributed by atoms with Gasteiger partial charge in [-0.3, -0.25) is 10.1 Å². The Morgan fingerprint density at radius 2 is 1.71 bits per heavy atom. The van der Waals surface area contributed by atoms with Crippen molar-refractivity contribution in [1.29, 1.82) is 0 Å². The van der Waals surface area contributed by atoms with E-state index in [4.69, 9.17) is 4.74 Å². The Morgan fingerprint density at radius 1 is 1.05 bits per heavy atom. The van der Waals surface area contributed by atoms with Crippen LogP contribution in [0.15, 0.2) is 42.5 Å². The molecule has 0 radical (unpaired) electrons. The van der Waals surface area contributed by atoms with Gasteiger partial charge in [-0.15, -0.1) is 0 Å². The average molecular weight is 285 g/mol. The topological polar surface area (TPSA) is 38.3 Å². The first-order chi connectivity index (χ1) is 10.0. The van der Waals surface area contributed by atoms with E-state index < -0.39 is 0 Å². The predicted molar refractivity (Wildman–Crippen MR) is 86.1 cm³/mol. The molecule has 2 rings (SSSR count). The average Bonchev–Trinajstić information content (AvgIpc) is 2.50. The summed E-state index contributed by atoms with van der Waals surface area (Å²) in [6, 6.07) is 14.5. The van der Waals surface area contributed by atoms with Crippen LogP contribution in [0.5, 0.6) is 0 Å². The van der Waals surface area contributed by atoms with Crippen LogP contribution in [0.3, 0.4) is 0 Å². The van der Waals surface area contributed by atoms with Gasteiger partial charge in [-0.05, 0) is 35.2 Å². The van der Waals surface area contributed by atoms with Gasteiger partial charge in [-0.25, -0.2) is 0 Å². The van der Waals surface area contributed by atoms with Crippen LogP contribution in [0, 0.1) is 5.92 Å². The molecule has 21 heavy (non-hydrogen) atoms. The molecule has 0 aromatic heterocycles. The maximum Gasteiger partial charge on any atom is 0.323 e. The van der Waals surface area contributed by atoms with Gasteiger partial charge in [-0.2, -0.15) is 0 Å². The highest BCUT2D eigenvalue weighted by Crippen LogP contribution is 2.21. The van der Waals surface area contributed by atoms with Crippen LogP contribution >= 0.6 is 0 Å². The molecule has 2 atom stereocenters. The molecular weight excluding hydrogens is 262 g/mol. The Kier molecular flexibility index (Phi) is 4.97. The fourth-order valence-electron chi connectivity index (χ4n) is 2.50. The standard InChI is InChI=1S/C18H23NO2/c1-12(2)17(18(20)21-4)19-13(3)15-10-9-14-7-5-6-8-16(14)11-15/h5-13,17,19H,1-4H3/t13?,17-/m0/s1. The van der Waals surface area contributed by atoms with E-state index in [1.165, 1.54) is 23.4 Å². The quantitative estimate of drug-likeness (QED) is 0.851. The van der Waals surface area contributed by atoms with Crippen LogP contribution in [-0.2, 0) is 9.53 Å². The highest BCUT2D eigenvalue weighted by molar-refractivity contribution is 5.83. The minimum Gasteiger partial charge on any atom is -0.468 e. The summed E-state index contributed by atoms with van der Waals surface area (Å²) in [5, 5.41) is 5.81. The van der Waals surface area contributed by atoms with E-state index in [-0.39, 0.29) is 24.0 Å². The third-order valence-corrected chi connectivity index (χ3v) is 3.82. The van der Waals surface area contributed by atoms with Crippen molar-refractivity contribution in [2.45, 2.75) is 32.9 Å². The van der Waals surface area contributed by atoms with E-state index in [1.54, 1.807) is 0 Å². The highest BCUT2D eigenvalue weighted by Gasteiger charge is 2.24. The second-order valence-corrected chi connectivity index (χ2v) is 5.74. The van der Waals surface area contributed by atoms with E-state index in [1.807, 2.05) is 26.0 Å². The lowest BCUT2D eigenvalue weighted by Crippen LogP contribution is -2.42. The number of carbonyl (C=O) groups excluding carboxylic acids is 1. The lowest BCUT2D eigenvalue weighted by molar-refractivity contribution is -0.144. The second kappa shape index (κ2) is 6.72. The maximum atomic E-state index is 11.8. The minimum atomic E-state index is -0.295. The van der Waals surface area contributed by atoms with Crippen LogP contribution in [0.1, 0.15) is 32.4 Å². The summed E-state index contributed by atoms with van der Waals surface area (Å²) >= 11 is 0. The van der Waals surface area contributed by atoms with Crippen molar-refractivity contribution in [2.75, 3.05) is 7.11 Å². The van der Waals surface area contributed by atoms with Gasteiger partial charge in [-0.1, -0.05) is 50.2 Å². The SMILES string of the molecule is COC(=O)[C@@H](NC(C)c1ccc2ccccc2c1)C(C)C. The summed E-state index contributed by atoms with van der Waals surface area (Å²) in [5.74, 6) is -0.0296. The zero-order valence-corrected chi connectivity index (χ0v) is 13.1. The molecule has 0 aliphatic heterocycles. The molecule has 0 saturated carbocycles. The monoisotopic (exact) mass is 285 g/mol. The van der Waals surface area contributed by atoms with Crippen LogP contribution in [0.2, 0.25) is 0 Å². The summed E-state index contributed by atoms with van der Waals surface area (Å²) in [7, 11) is 1.43. The predicted octanol–water partition coefficient (Wildman–Crippen LogP) is 3.69. The van der Waals surface area contributed by atoms with E-state index >= 15 is 0 Å². The number of methoxy groups -OCH3 is 1. The van der Waals surface area contributed by atoms with Crippen LogP contribution in [0.4, 0.5) is 0 Å². The van der Waals surface area contributed by atoms with Crippen molar-refractivity contribution in [3.63, 3.8) is 0 Å². The lowest BCUT2D eigenvalue weighted by atomic mass is 9.99. The smallest absolute Gasteiger partial charge is 0.323 e. The van der Waals surface area contributed by atoms with Gasteiger partial charge in [0.25, 0.3) is 0 Å². The van der Waals surface area contributed by atoms with Crippen molar-refractivity contribution in [3.8, 4) is 0 Å². The number of carbonyl (C=O) groups is 1. The first-order valence-electron chi connectivity index (χ1n) is 7.35. The van der Waals surface area contributed by atoms with Crippen molar-refractivity contribution in [3.05, 3.63) is 48.0 Å². The zero-order valence-electron chi connectivity index (χ0n) is 13.1. The number of benzene rings is 2. The molecule has 3 nitrogen and oxygen atoms in total. The number of ether oxygens (including phenoxy) is 1. The molecule has 3 heteroatoms. The van der Waals surface area contributed by atoms with E-state index in [2.05, 4.69) is 42.6 Å². The summed E-state index contributed by atoms with van der Waals surface area (Å²) in [5.41, 5.74) is 1.17. The Morgan fingerprint density at radius 3 is 2.33 bits per heavy atom. The lowest BCUT2D eigenvalue weighted by Gasteiger charge is -2.24. The van der Waals surface area contributed by atoms with Gasteiger partial charge in [0.15, 0.2) is 0 Å². The maximum absolute atomic E-state index is 11.8. The van der Waals surface area contributed by atoms with E-state index in [9.17, 15) is 4.79 Å². The molecule has 0 aliphatic rings. The Labute approximate surface area is 126 Å². The molecule has 0 saturated heterocycles. The molecule has 0 aliphatic carbocycles. The summed E-state index contributed by atoms with van der Waals surface area (Å²) in [4.78, 5) is 11.8. The fraction of sp³-hybridized carbons (Fsp3) is 0.389. The van der Waals surface area contributed by atoms with Gasteiger partial charge in [0.2, 0.25) is 0 Å². The fourth-order valence-corrected chi connectivity index (χ4v) is 2.50. The van der Waals surface area contributed by atoms with E-state index in [0.717, 1.165) is 0 Å². The van der Waals surface area contributed by atoms with E-state index in [0.29, 0.717) is 0 Å². The van der Waals surface area contributed by atoms with Gasteiger partial charge >= 0.3 is 5.97 Å². The largest absolute Gasteiger partial charge is 0.468 e. The molecule has 1 N–H and O–H groups in total. The number of esters is 1. The van der Waals surface area contributed by atoms with Gasteiger partial charge < -0.3 is 4.74 Å². The zero-order chi connectivity index (χ0) is 15.4. The number of fused-ring (bicyclic) bond motifs is 1. The molecule has 0 fully saturated rings. The summed E-state index contributed by atoms with van der Waals surface area (Å²) in [6.07, 6.45) is 0. The molecule has 0 spiro atoms. The normalized spacial score (nSPS) is 14.1. The van der Waals surface area contributed by atoms with Crippen LogP contribution < -0.4 is 5.32 Å². The third kappa shape index (κ3) is 3.61. The molecule has 1 unspecified atom stereocenters. The van der Waals surface area contributed by atoms with Crippen molar-refractivity contribution in [2.24, 2.45) is 5.92 Å². The molecule has 112 valence electrons. The summed E-state index contributed by atoms with van der Waals surface area (Å²) in [6.45, 7) is 6.10. The van der Waals surface area contributed by atoms with Crippen LogP contribution in [0.25, 0.3) is 10.8 Å². The van der Waals surface area contributed by atoms with Gasteiger partial charge in [0, 0.05) is 6.04 Å². The minimum absolute atomic E-state index is 0.0844. The van der Waals surface area contributed by atoms with Gasteiger partial charge in [0.05, 0.1) is 7.11 Å². The number of hydrogen-bond acceptors (Lipinski definition) is 3. The molecule has 0 heterocycles. The number of nitrogens with one attached hydrogen (secondary N) is 1. The molecule has 0 amide bonds. The van der Waals surface area contributed by atoms with Crippen molar-refractivity contribution >= 4 is 16.7 Å². The molecule has 2 aromatic rings. The Bertz CT molecular complexity index is 621. The second-order valence-electron chi connectivity index (χ2n) is 5.74. The van der Waals surface area contributed by atoms with Crippen molar-refractivity contribution < 1.29 is 9.53 Å². The molecule has 2 aromatic carbocycles. The Balaban J connectivity index is 2.20. The molecule has 0 bridgehead atoms. The third-order valence-electron chi connectivity index (χ3n) is 3.82. The highest BCUT2D eigenvalue weighted by atomic mass is 16.5. The first kappa shape index (κ1) is 15.5. The van der Waals surface area contributed by atoms with Crippen molar-refractivity contribution in [1.82, 2.24) is 5.32 Å². The van der Waals surface area contributed by atoms with Gasteiger partial charge in [0.1, 0.15) is 6.04 Å².